The first-order chi connectivity index (χ1) is 11.7. The molecular weight excluding hydrogens is 328 g/mol. The van der Waals surface area contributed by atoms with E-state index in [0.717, 1.165) is 11.1 Å². The molecule has 1 N–H and O–H groups in total. The van der Waals surface area contributed by atoms with Crippen molar-refractivity contribution >= 4 is 35.1 Å². The van der Waals surface area contributed by atoms with Gasteiger partial charge in [0.25, 0.3) is 0 Å². The number of hydrogen-bond acceptors (Lipinski definition) is 6. The minimum atomic E-state index is -0.256. The molecule has 128 valence electrons. The highest BCUT2D eigenvalue weighted by Crippen LogP contribution is 2.18. The molecule has 0 aliphatic rings. The van der Waals surface area contributed by atoms with E-state index >= 15 is 0 Å². The SMILES string of the molecule is COCC(CN=CC(C=N)c1cnc2ccc(Cl)nc2c1)COC. The van der Waals surface area contributed by atoms with Crippen molar-refractivity contribution in [3.05, 3.63) is 35.1 Å². The Balaban J connectivity index is 2.12. The summed E-state index contributed by atoms with van der Waals surface area (Å²) in [6, 6.07) is 5.41. The number of ether oxygens (including phenoxy) is 2. The molecule has 0 amide bonds. The molecule has 2 heterocycles. The van der Waals surface area contributed by atoms with Gasteiger partial charge in [0.15, 0.2) is 0 Å². The van der Waals surface area contributed by atoms with E-state index in [1.54, 1.807) is 32.7 Å². The Morgan fingerprint density at radius 3 is 2.67 bits per heavy atom. The Hall–Kier alpha value is -1.89. The summed E-state index contributed by atoms with van der Waals surface area (Å²) in [5.74, 6) is -0.0637. The van der Waals surface area contributed by atoms with Gasteiger partial charge in [0.2, 0.25) is 0 Å². The first-order valence-electron chi connectivity index (χ1n) is 7.58. The van der Waals surface area contributed by atoms with Crippen LogP contribution in [-0.2, 0) is 9.47 Å². The summed E-state index contributed by atoms with van der Waals surface area (Å²) in [7, 11) is 3.32. The lowest BCUT2D eigenvalue weighted by Gasteiger charge is -2.12. The molecule has 0 fully saturated rings. The van der Waals surface area contributed by atoms with Gasteiger partial charge in [-0.05, 0) is 23.8 Å². The monoisotopic (exact) mass is 348 g/mol. The molecule has 0 radical (unpaired) electrons. The topological polar surface area (TPSA) is 80.5 Å². The van der Waals surface area contributed by atoms with Gasteiger partial charge in [-0.15, -0.1) is 0 Å². The van der Waals surface area contributed by atoms with E-state index < -0.39 is 0 Å². The molecule has 0 saturated heterocycles. The highest BCUT2D eigenvalue weighted by Gasteiger charge is 2.10. The fourth-order valence-electron chi connectivity index (χ4n) is 2.35. The second-order valence-electron chi connectivity index (χ2n) is 5.42. The van der Waals surface area contributed by atoms with E-state index in [1.165, 1.54) is 6.21 Å². The molecule has 2 rings (SSSR count). The van der Waals surface area contributed by atoms with E-state index in [0.29, 0.717) is 30.4 Å². The summed E-state index contributed by atoms with van der Waals surface area (Å²) >= 11 is 5.93. The van der Waals surface area contributed by atoms with Gasteiger partial charge in [0, 0.05) is 45.3 Å². The molecule has 0 bridgehead atoms. The van der Waals surface area contributed by atoms with Gasteiger partial charge in [-0.2, -0.15) is 0 Å². The molecule has 1 atom stereocenters. The number of pyridine rings is 2. The molecule has 2 aromatic rings. The minimum Gasteiger partial charge on any atom is -0.384 e. The number of nitrogens with zero attached hydrogens (tertiary/aromatic N) is 3. The van der Waals surface area contributed by atoms with Crippen molar-refractivity contribution in [2.24, 2.45) is 10.9 Å². The van der Waals surface area contributed by atoms with Crippen molar-refractivity contribution in [2.75, 3.05) is 34.0 Å². The Morgan fingerprint density at radius 2 is 2.00 bits per heavy atom. The zero-order chi connectivity index (χ0) is 17.4. The Bertz CT molecular complexity index is 702. The van der Waals surface area contributed by atoms with E-state index in [4.69, 9.17) is 26.5 Å². The number of nitrogens with one attached hydrogen (secondary N) is 1. The molecule has 2 aromatic heterocycles. The van der Waals surface area contributed by atoms with Gasteiger partial charge in [0.05, 0.1) is 30.2 Å². The molecule has 7 heteroatoms. The van der Waals surface area contributed by atoms with Crippen LogP contribution in [0.1, 0.15) is 11.5 Å². The molecule has 6 nitrogen and oxygen atoms in total. The number of fused-ring (bicyclic) bond motifs is 1. The van der Waals surface area contributed by atoms with Crippen LogP contribution in [0.25, 0.3) is 11.0 Å². The number of aliphatic imine (C=N–C) groups is 1. The third kappa shape index (κ3) is 5.06. The number of hydrogen-bond donors (Lipinski definition) is 1. The van der Waals surface area contributed by atoms with Gasteiger partial charge in [-0.1, -0.05) is 11.6 Å². The van der Waals surface area contributed by atoms with Crippen LogP contribution < -0.4 is 0 Å². The van der Waals surface area contributed by atoms with Crippen LogP contribution in [0.2, 0.25) is 5.15 Å². The summed E-state index contributed by atoms with van der Waals surface area (Å²) in [6.45, 7) is 1.75. The molecule has 0 aromatic carbocycles. The first kappa shape index (κ1) is 18.4. The van der Waals surface area contributed by atoms with Crippen molar-refractivity contribution < 1.29 is 9.47 Å². The maximum Gasteiger partial charge on any atom is 0.129 e. The van der Waals surface area contributed by atoms with Crippen LogP contribution in [0.3, 0.4) is 0 Å². The molecule has 24 heavy (non-hydrogen) atoms. The van der Waals surface area contributed by atoms with Gasteiger partial charge in [-0.25, -0.2) is 4.98 Å². The van der Waals surface area contributed by atoms with Gasteiger partial charge < -0.3 is 14.9 Å². The lowest BCUT2D eigenvalue weighted by Crippen LogP contribution is -2.18. The highest BCUT2D eigenvalue weighted by atomic mass is 35.5. The molecule has 0 saturated carbocycles. The number of halogens is 1. The number of rotatable bonds is 9. The van der Waals surface area contributed by atoms with Gasteiger partial charge in [-0.3, -0.25) is 9.98 Å². The van der Waals surface area contributed by atoms with Crippen molar-refractivity contribution in [1.29, 1.82) is 5.41 Å². The van der Waals surface area contributed by atoms with Crippen molar-refractivity contribution in [3.63, 3.8) is 0 Å². The Labute approximate surface area is 146 Å². The summed E-state index contributed by atoms with van der Waals surface area (Å²) < 4.78 is 10.3. The number of aromatic nitrogens is 2. The molecule has 0 aliphatic heterocycles. The minimum absolute atomic E-state index is 0.192. The smallest absolute Gasteiger partial charge is 0.129 e. The lowest BCUT2D eigenvalue weighted by molar-refractivity contribution is 0.0889. The average molecular weight is 349 g/mol. The summed E-state index contributed by atoms with van der Waals surface area (Å²) in [5.41, 5.74) is 2.33. The molecular formula is C17H21ClN4O2. The van der Waals surface area contributed by atoms with Crippen LogP contribution >= 0.6 is 11.6 Å². The fraction of sp³-hybridized carbons (Fsp3) is 0.412. The zero-order valence-electron chi connectivity index (χ0n) is 13.8. The van der Waals surface area contributed by atoms with Gasteiger partial charge >= 0.3 is 0 Å². The Morgan fingerprint density at radius 1 is 1.25 bits per heavy atom. The van der Waals surface area contributed by atoms with Crippen LogP contribution in [0, 0.1) is 11.3 Å². The normalized spacial score (nSPS) is 13.0. The molecule has 0 aliphatic carbocycles. The predicted octanol–water partition coefficient (Wildman–Crippen LogP) is 3.00. The summed E-state index contributed by atoms with van der Waals surface area (Å²) in [5, 5.41) is 8.08. The second kappa shape index (κ2) is 9.42. The second-order valence-corrected chi connectivity index (χ2v) is 5.81. The van der Waals surface area contributed by atoms with Crippen LogP contribution in [-0.4, -0.2) is 56.4 Å². The molecule has 0 spiro atoms. The Kier molecular flexibility index (Phi) is 7.24. The summed E-state index contributed by atoms with van der Waals surface area (Å²) in [6.07, 6.45) is 4.82. The maximum absolute atomic E-state index is 7.66. The average Bonchev–Trinajstić information content (AvgIpc) is 2.58. The largest absolute Gasteiger partial charge is 0.384 e. The quantitative estimate of drug-likeness (QED) is 0.558. The lowest BCUT2D eigenvalue weighted by atomic mass is 10.0. The van der Waals surface area contributed by atoms with E-state index in [9.17, 15) is 0 Å². The van der Waals surface area contributed by atoms with Crippen molar-refractivity contribution in [3.8, 4) is 0 Å². The van der Waals surface area contributed by atoms with Crippen LogP contribution in [0.5, 0.6) is 0 Å². The van der Waals surface area contributed by atoms with Crippen molar-refractivity contribution in [2.45, 2.75) is 5.92 Å². The van der Waals surface area contributed by atoms with Crippen LogP contribution in [0.15, 0.2) is 29.4 Å². The van der Waals surface area contributed by atoms with Gasteiger partial charge in [0.1, 0.15) is 5.15 Å². The van der Waals surface area contributed by atoms with E-state index in [2.05, 4.69) is 15.0 Å². The fourth-order valence-corrected chi connectivity index (χ4v) is 2.51. The third-order valence-corrected chi connectivity index (χ3v) is 3.73. The third-order valence-electron chi connectivity index (χ3n) is 3.52. The highest BCUT2D eigenvalue weighted by molar-refractivity contribution is 6.29. The standard InChI is InChI=1S/C17H21ClN4O2/c1-23-10-12(11-24-2)7-20-8-14(6-19)13-5-16-15(21-9-13)3-4-17(18)22-16/h3-6,8-9,12,14,19H,7,10-11H2,1-2H3. The maximum atomic E-state index is 7.66. The number of methoxy groups -OCH3 is 2. The predicted molar refractivity (Wildman–Crippen MR) is 96.7 cm³/mol. The van der Waals surface area contributed by atoms with Crippen molar-refractivity contribution in [1.82, 2.24) is 9.97 Å². The summed E-state index contributed by atoms with van der Waals surface area (Å²) in [4.78, 5) is 13.1. The van der Waals surface area contributed by atoms with E-state index in [-0.39, 0.29) is 11.8 Å². The van der Waals surface area contributed by atoms with E-state index in [1.807, 2.05) is 12.1 Å². The first-order valence-corrected chi connectivity index (χ1v) is 7.96. The zero-order valence-corrected chi connectivity index (χ0v) is 14.5. The molecule has 1 unspecified atom stereocenters. The van der Waals surface area contributed by atoms with Crippen LogP contribution in [0.4, 0.5) is 0 Å².